The van der Waals surface area contributed by atoms with Gasteiger partial charge in [0, 0.05) is 18.0 Å². The number of aromatic carboxylic acids is 1. The van der Waals surface area contributed by atoms with Gasteiger partial charge in [0.15, 0.2) is 0 Å². The lowest BCUT2D eigenvalue weighted by Crippen LogP contribution is -2.38. The predicted molar refractivity (Wildman–Crippen MR) is 67.6 cm³/mol. The fourth-order valence-corrected chi connectivity index (χ4v) is 2.40. The molecule has 1 aliphatic heterocycles. The van der Waals surface area contributed by atoms with Crippen LogP contribution in [0.3, 0.4) is 0 Å². The van der Waals surface area contributed by atoms with Crippen LogP contribution in [-0.2, 0) is 11.3 Å². The Bertz CT molecular complexity index is 487. The molecule has 1 amide bonds. The number of aryl methyl sites for hydroxylation is 1. The van der Waals surface area contributed by atoms with Gasteiger partial charge in [0.2, 0.25) is 11.7 Å². The molecule has 2 heterocycles. The Morgan fingerprint density at radius 3 is 2.58 bits per heavy atom. The van der Waals surface area contributed by atoms with Crippen molar-refractivity contribution in [2.75, 3.05) is 13.1 Å². The number of carbonyl (C=O) groups excluding carboxylic acids is 1. The Morgan fingerprint density at radius 1 is 1.47 bits per heavy atom. The van der Waals surface area contributed by atoms with Crippen LogP contribution in [0.1, 0.15) is 34.7 Å². The molecule has 0 unspecified atom stereocenters. The van der Waals surface area contributed by atoms with E-state index < -0.39 is 5.97 Å². The number of furan rings is 1. The molecule has 0 radical (unpaired) electrons. The first-order chi connectivity index (χ1) is 8.97. The molecule has 1 aliphatic rings. The summed E-state index contributed by atoms with van der Waals surface area (Å²) in [6.07, 6.45) is 1.52. The highest BCUT2D eigenvalue weighted by Crippen LogP contribution is 2.21. The maximum atomic E-state index is 11.1. The highest BCUT2D eigenvalue weighted by Gasteiger charge is 2.24. The van der Waals surface area contributed by atoms with Gasteiger partial charge in [-0.2, -0.15) is 0 Å². The average Bonchev–Trinajstić information content (AvgIpc) is 2.72. The monoisotopic (exact) mass is 266 g/mol. The van der Waals surface area contributed by atoms with Gasteiger partial charge in [0.25, 0.3) is 0 Å². The number of hydrogen-bond donors (Lipinski definition) is 2. The van der Waals surface area contributed by atoms with Gasteiger partial charge < -0.3 is 15.3 Å². The van der Waals surface area contributed by atoms with E-state index in [-0.39, 0.29) is 17.6 Å². The summed E-state index contributed by atoms with van der Waals surface area (Å²) in [5.74, 6) is -0.709. The van der Waals surface area contributed by atoms with Crippen LogP contribution < -0.4 is 5.73 Å². The van der Waals surface area contributed by atoms with Gasteiger partial charge in [-0.25, -0.2) is 4.79 Å². The number of nitrogens with zero attached hydrogens (tertiary/aromatic N) is 1. The SMILES string of the molecule is Cc1oc(C(=O)O)cc1CN1CCC(C(N)=O)CC1. The second kappa shape index (κ2) is 5.44. The number of nitrogens with two attached hydrogens (primary N) is 1. The Labute approximate surface area is 111 Å². The highest BCUT2D eigenvalue weighted by atomic mass is 16.4. The summed E-state index contributed by atoms with van der Waals surface area (Å²) in [6, 6.07) is 1.57. The van der Waals surface area contributed by atoms with Gasteiger partial charge in [0.05, 0.1) is 0 Å². The minimum absolute atomic E-state index is 0.0282. The third-order valence-electron chi connectivity index (χ3n) is 3.62. The third kappa shape index (κ3) is 3.14. The summed E-state index contributed by atoms with van der Waals surface area (Å²) in [5, 5.41) is 8.87. The van der Waals surface area contributed by atoms with Gasteiger partial charge >= 0.3 is 5.97 Å². The number of carboxylic acids is 1. The first-order valence-corrected chi connectivity index (χ1v) is 6.31. The van der Waals surface area contributed by atoms with E-state index in [4.69, 9.17) is 15.3 Å². The molecule has 0 saturated carbocycles. The number of piperidine rings is 1. The summed E-state index contributed by atoms with van der Waals surface area (Å²) in [6.45, 7) is 3.99. The zero-order valence-corrected chi connectivity index (χ0v) is 10.9. The molecule has 0 atom stereocenters. The van der Waals surface area contributed by atoms with Crippen LogP contribution >= 0.6 is 0 Å². The quantitative estimate of drug-likeness (QED) is 0.846. The second-order valence-electron chi connectivity index (χ2n) is 4.95. The third-order valence-corrected chi connectivity index (χ3v) is 3.62. The van der Waals surface area contributed by atoms with Crippen LogP contribution in [0.15, 0.2) is 10.5 Å². The van der Waals surface area contributed by atoms with Crippen molar-refractivity contribution in [3.8, 4) is 0 Å². The molecular weight excluding hydrogens is 248 g/mol. The standard InChI is InChI=1S/C13H18N2O4/c1-8-10(6-11(19-8)13(17)18)7-15-4-2-9(3-5-15)12(14)16/h6,9H,2-5,7H2,1H3,(H2,14,16)(H,17,18). The van der Waals surface area contributed by atoms with Gasteiger partial charge in [-0.3, -0.25) is 9.69 Å². The fraction of sp³-hybridized carbons (Fsp3) is 0.538. The van der Waals surface area contributed by atoms with Crippen molar-refractivity contribution in [3.63, 3.8) is 0 Å². The molecular formula is C13H18N2O4. The summed E-state index contributed by atoms with van der Waals surface area (Å²) in [7, 11) is 0. The Morgan fingerprint density at radius 2 is 2.11 bits per heavy atom. The summed E-state index contributed by atoms with van der Waals surface area (Å²) >= 11 is 0. The van der Waals surface area contributed by atoms with Crippen molar-refractivity contribution >= 4 is 11.9 Å². The molecule has 6 nitrogen and oxygen atoms in total. The van der Waals surface area contributed by atoms with Crippen LogP contribution in [0.2, 0.25) is 0 Å². The number of carboxylic acid groups (broad SMARTS) is 1. The van der Waals surface area contributed by atoms with Crippen molar-refractivity contribution in [2.45, 2.75) is 26.3 Å². The molecule has 1 saturated heterocycles. The zero-order chi connectivity index (χ0) is 14.0. The molecule has 104 valence electrons. The predicted octanol–water partition coefficient (Wildman–Crippen LogP) is 0.984. The summed E-state index contributed by atoms with van der Waals surface area (Å²) in [4.78, 5) is 24.1. The molecule has 1 aromatic heterocycles. The number of hydrogen-bond acceptors (Lipinski definition) is 4. The molecule has 3 N–H and O–H groups in total. The van der Waals surface area contributed by atoms with E-state index in [9.17, 15) is 9.59 Å². The van der Waals surface area contributed by atoms with E-state index >= 15 is 0 Å². The maximum absolute atomic E-state index is 11.1. The summed E-state index contributed by atoms with van der Waals surface area (Å²) < 4.78 is 5.18. The van der Waals surface area contributed by atoms with Crippen LogP contribution in [0.5, 0.6) is 0 Å². The molecule has 1 fully saturated rings. The topological polar surface area (TPSA) is 96.8 Å². The summed E-state index contributed by atoms with van der Waals surface area (Å²) in [5.41, 5.74) is 6.17. The zero-order valence-electron chi connectivity index (χ0n) is 10.9. The maximum Gasteiger partial charge on any atom is 0.371 e. The molecule has 0 aromatic carbocycles. The van der Waals surface area contributed by atoms with Crippen LogP contribution in [0.4, 0.5) is 0 Å². The minimum Gasteiger partial charge on any atom is -0.475 e. The molecule has 0 spiro atoms. The molecule has 6 heteroatoms. The number of likely N-dealkylation sites (tertiary alicyclic amines) is 1. The minimum atomic E-state index is -1.05. The number of rotatable bonds is 4. The Balaban J connectivity index is 1.95. The van der Waals surface area contributed by atoms with Crippen molar-refractivity contribution in [1.29, 1.82) is 0 Å². The molecule has 0 aliphatic carbocycles. The van der Waals surface area contributed by atoms with Gasteiger partial charge in [0.1, 0.15) is 5.76 Å². The second-order valence-corrected chi connectivity index (χ2v) is 4.95. The van der Waals surface area contributed by atoms with Gasteiger partial charge in [-0.15, -0.1) is 0 Å². The van der Waals surface area contributed by atoms with Crippen LogP contribution in [0, 0.1) is 12.8 Å². The first-order valence-electron chi connectivity index (χ1n) is 6.31. The van der Waals surface area contributed by atoms with Crippen molar-refractivity contribution in [1.82, 2.24) is 4.90 Å². The molecule has 19 heavy (non-hydrogen) atoms. The van der Waals surface area contributed by atoms with E-state index in [1.807, 2.05) is 0 Å². The number of amides is 1. The lowest BCUT2D eigenvalue weighted by molar-refractivity contribution is -0.123. The Hall–Kier alpha value is -1.82. The number of primary amides is 1. The average molecular weight is 266 g/mol. The van der Waals surface area contributed by atoms with Crippen molar-refractivity contribution in [3.05, 3.63) is 23.2 Å². The van der Waals surface area contributed by atoms with Crippen molar-refractivity contribution < 1.29 is 19.1 Å². The number of carbonyl (C=O) groups is 2. The normalized spacial score (nSPS) is 17.5. The van der Waals surface area contributed by atoms with Crippen molar-refractivity contribution in [2.24, 2.45) is 11.7 Å². The smallest absolute Gasteiger partial charge is 0.371 e. The van der Waals surface area contributed by atoms with Crippen LogP contribution in [0.25, 0.3) is 0 Å². The van der Waals surface area contributed by atoms with Crippen LogP contribution in [-0.4, -0.2) is 35.0 Å². The molecule has 0 bridgehead atoms. The van der Waals surface area contributed by atoms with Gasteiger partial charge in [-0.05, 0) is 38.9 Å². The van der Waals surface area contributed by atoms with E-state index in [1.54, 1.807) is 13.0 Å². The van der Waals surface area contributed by atoms with Gasteiger partial charge in [-0.1, -0.05) is 0 Å². The highest BCUT2D eigenvalue weighted by molar-refractivity contribution is 5.84. The van der Waals surface area contributed by atoms with E-state index in [0.29, 0.717) is 12.3 Å². The largest absolute Gasteiger partial charge is 0.475 e. The van der Waals surface area contributed by atoms with E-state index in [2.05, 4.69) is 4.90 Å². The first kappa shape index (κ1) is 13.6. The lowest BCUT2D eigenvalue weighted by Gasteiger charge is -2.30. The van der Waals surface area contributed by atoms with E-state index in [0.717, 1.165) is 31.5 Å². The fourth-order valence-electron chi connectivity index (χ4n) is 2.40. The van der Waals surface area contributed by atoms with E-state index in [1.165, 1.54) is 0 Å². The molecule has 1 aromatic rings. The Kier molecular flexibility index (Phi) is 3.90. The molecule has 2 rings (SSSR count). The lowest BCUT2D eigenvalue weighted by atomic mass is 9.96.